The van der Waals surface area contributed by atoms with E-state index in [1.165, 1.54) is 16.7 Å². The third-order valence-electron chi connectivity index (χ3n) is 6.54. The molecule has 2 aromatic carbocycles. The van der Waals surface area contributed by atoms with Gasteiger partial charge in [0.25, 0.3) is 0 Å². The van der Waals surface area contributed by atoms with E-state index in [2.05, 4.69) is 20.9 Å². The second-order valence-electron chi connectivity index (χ2n) is 9.63. The number of carboxylic acids is 1. The smallest absolute Gasteiger partial charge is 0.413 e. The monoisotopic (exact) mass is 537 g/mol. The van der Waals surface area contributed by atoms with Gasteiger partial charge in [0.2, 0.25) is 11.8 Å². The number of nitrogens with zero attached hydrogens (tertiary/aromatic N) is 1. The minimum atomic E-state index is -1.05. The maximum Gasteiger partial charge on any atom is 0.413 e. The number of β-lactam (4-membered cyclic amide) rings is 1. The maximum absolute atomic E-state index is 12.7. The number of aromatic nitrogens is 1. The number of aromatic amines is 1. The van der Waals surface area contributed by atoms with Gasteiger partial charge in [0.1, 0.15) is 29.9 Å². The highest BCUT2D eigenvalue weighted by atomic mass is 32.2. The fraction of sp³-hybridized carbons (Fsp3) is 0.308. The number of hydrogen-bond donors (Lipinski definition) is 5. The lowest BCUT2D eigenvalue weighted by molar-refractivity contribution is -0.161. The summed E-state index contributed by atoms with van der Waals surface area (Å²) >= 11 is 1.37. The molecule has 2 saturated heterocycles. The lowest BCUT2D eigenvalue weighted by Gasteiger charge is -2.43. The molecule has 3 amide bonds. The summed E-state index contributed by atoms with van der Waals surface area (Å²) in [5.41, 5.74) is 2.27. The quantitative estimate of drug-likeness (QED) is 0.275. The van der Waals surface area contributed by atoms with Crippen molar-refractivity contribution in [3.05, 3.63) is 60.2 Å². The summed E-state index contributed by atoms with van der Waals surface area (Å²) in [6.07, 6.45) is -0.605. The number of carbonyl (C=O) groups excluding carboxylic acids is 3. The summed E-state index contributed by atoms with van der Waals surface area (Å²) in [4.78, 5) is 53.6. The van der Waals surface area contributed by atoms with Gasteiger partial charge in [-0.05, 0) is 37.6 Å². The molecule has 0 unspecified atom stereocenters. The molecule has 3 aromatic rings. The summed E-state index contributed by atoms with van der Waals surface area (Å²) in [7, 11) is 0. The Kier molecular flexibility index (Phi) is 6.66. The molecule has 2 aliphatic rings. The molecule has 3 atom stereocenters. The van der Waals surface area contributed by atoms with E-state index in [1.807, 2.05) is 36.4 Å². The molecule has 5 rings (SSSR count). The Labute approximate surface area is 222 Å². The number of thioether (sulfide) groups is 1. The Morgan fingerprint density at radius 2 is 1.89 bits per heavy atom. The SMILES string of the molecule is CC1(C)S[C@@H]2[C@H](NC(=O)CNc3cccc4[nH]c(NC(=O)OCc5ccccc5)cc34)C(=O)N2[C@H]1C(=O)O. The van der Waals surface area contributed by atoms with E-state index in [9.17, 15) is 24.3 Å². The fourth-order valence-electron chi connectivity index (χ4n) is 4.79. The largest absolute Gasteiger partial charge is 0.480 e. The zero-order valence-corrected chi connectivity index (χ0v) is 21.5. The van der Waals surface area contributed by atoms with E-state index in [1.54, 1.807) is 32.0 Å². The van der Waals surface area contributed by atoms with Crippen molar-refractivity contribution in [3.63, 3.8) is 0 Å². The van der Waals surface area contributed by atoms with Crippen molar-refractivity contribution in [1.29, 1.82) is 0 Å². The summed E-state index contributed by atoms with van der Waals surface area (Å²) < 4.78 is 4.60. The van der Waals surface area contributed by atoms with Gasteiger partial charge in [-0.2, -0.15) is 0 Å². The van der Waals surface area contributed by atoms with Gasteiger partial charge in [-0.15, -0.1) is 11.8 Å². The van der Waals surface area contributed by atoms with Gasteiger partial charge in [-0.3, -0.25) is 14.9 Å². The Bertz CT molecular complexity index is 1410. The average Bonchev–Trinajstić information content (AvgIpc) is 3.41. The third kappa shape index (κ3) is 4.86. The lowest BCUT2D eigenvalue weighted by Crippen LogP contribution is -2.70. The van der Waals surface area contributed by atoms with Crippen molar-refractivity contribution in [3.8, 4) is 0 Å². The summed E-state index contributed by atoms with van der Waals surface area (Å²) in [6.45, 7) is 3.61. The van der Waals surface area contributed by atoms with Crippen LogP contribution in [0.5, 0.6) is 0 Å². The zero-order chi connectivity index (χ0) is 27.0. The van der Waals surface area contributed by atoms with Crippen LogP contribution in [0, 0.1) is 0 Å². The molecule has 2 fully saturated rings. The molecule has 11 nitrogen and oxygen atoms in total. The van der Waals surface area contributed by atoms with E-state index < -0.39 is 46.1 Å². The standard InChI is InChI=1S/C26H27N5O6S/c1-26(2)21(24(34)35)31-22(33)20(23(31)38-26)30-19(32)12-27-16-9-6-10-17-15(16)11-18(28-17)29-25(36)37-13-14-7-4-3-5-8-14/h3-11,20-21,23,27-28H,12-13H2,1-2H3,(H,29,36)(H,30,32)(H,34,35)/t20-,21+,23-/m1/s1. The Hall–Kier alpha value is -4.19. The van der Waals surface area contributed by atoms with Crippen molar-refractivity contribution in [2.24, 2.45) is 0 Å². The molecule has 38 heavy (non-hydrogen) atoms. The van der Waals surface area contributed by atoms with E-state index in [0.717, 1.165) is 16.5 Å². The predicted molar refractivity (Wildman–Crippen MR) is 143 cm³/mol. The first-order chi connectivity index (χ1) is 18.1. The van der Waals surface area contributed by atoms with Gasteiger partial charge in [0.15, 0.2) is 0 Å². The van der Waals surface area contributed by atoms with Crippen LogP contribution in [0.15, 0.2) is 54.6 Å². The molecule has 0 radical (unpaired) electrons. The van der Waals surface area contributed by atoms with Crippen LogP contribution in [0.25, 0.3) is 10.9 Å². The van der Waals surface area contributed by atoms with Crippen LogP contribution in [0.2, 0.25) is 0 Å². The minimum absolute atomic E-state index is 0.0981. The number of benzene rings is 2. The number of nitrogens with one attached hydrogen (secondary N) is 4. The summed E-state index contributed by atoms with van der Waals surface area (Å²) in [5.74, 6) is -1.40. The first-order valence-electron chi connectivity index (χ1n) is 12.0. The maximum atomic E-state index is 12.7. The van der Waals surface area contributed by atoms with Crippen LogP contribution in [-0.4, -0.2) is 67.6 Å². The molecule has 0 saturated carbocycles. The number of aliphatic carboxylic acids is 1. The highest BCUT2D eigenvalue weighted by Gasteiger charge is 2.64. The highest BCUT2D eigenvalue weighted by Crippen LogP contribution is 2.50. The second kappa shape index (κ2) is 9.93. The number of hydrogen-bond acceptors (Lipinski definition) is 7. The lowest BCUT2D eigenvalue weighted by atomic mass is 9.96. The van der Waals surface area contributed by atoms with E-state index in [-0.39, 0.29) is 13.2 Å². The van der Waals surface area contributed by atoms with Crippen molar-refractivity contribution in [1.82, 2.24) is 15.2 Å². The van der Waals surface area contributed by atoms with Crippen LogP contribution < -0.4 is 16.0 Å². The molecule has 2 aliphatic heterocycles. The molecule has 3 heterocycles. The van der Waals surface area contributed by atoms with Crippen molar-refractivity contribution in [2.45, 2.75) is 42.7 Å². The number of rotatable bonds is 8. The molecule has 1 aromatic heterocycles. The van der Waals surface area contributed by atoms with E-state index in [4.69, 9.17) is 4.74 Å². The normalized spacial score (nSPS) is 21.4. The number of carboxylic acid groups (broad SMARTS) is 1. The van der Waals surface area contributed by atoms with E-state index >= 15 is 0 Å². The molecule has 0 spiro atoms. The third-order valence-corrected chi connectivity index (χ3v) is 8.12. The number of amides is 3. The van der Waals surface area contributed by atoms with Crippen molar-refractivity contribution in [2.75, 3.05) is 17.2 Å². The van der Waals surface area contributed by atoms with Crippen LogP contribution in [-0.2, 0) is 25.7 Å². The summed E-state index contributed by atoms with van der Waals surface area (Å²) in [6, 6.07) is 14.8. The number of anilines is 2. The Morgan fingerprint density at radius 3 is 2.63 bits per heavy atom. The highest BCUT2D eigenvalue weighted by molar-refractivity contribution is 8.01. The number of H-pyrrole nitrogens is 1. The summed E-state index contributed by atoms with van der Waals surface area (Å²) in [5, 5.41) is 18.3. The molecule has 5 N–H and O–H groups in total. The Balaban J connectivity index is 1.17. The minimum Gasteiger partial charge on any atom is -0.480 e. The van der Waals surface area contributed by atoms with Crippen molar-refractivity contribution >= 4 is 58.0 Å². The molecule has 198 valence electrons. The zero-order valence-electron chi connectivity index (χ0n) is 20.7. The molecule has 12 heteroatoms. The van der Waals surface area contributed by atoms with Crippen molar-refractivity contribution < 1.29 is 29.0 Å². The number of fused-ring (bicyclic) bond motifs is 2. The average molecular weight is 538 g/mol. The van der Waals surface area contributed by atoms with Gasteiger partial charge in [0, 0.05) is 21.3 Å². The first kappa shape index (κ1) is 25.5. The van der Waals surface area contributed by atoms with Crippen LogP contribution in [0.1, 0.15) is 19.4 Å². The molecule has 0 aliphatic carbocycles. The second-order valence-corrected chi connectivity index (χ2v) is 11.4. The Morgan fingerprint density at radius 1 is 1.13 bits per heavy atom. The van der Waals surface area contributed by atoms with Crippen LogP contribution in [0.3, 0.4) is 0 Å². The van der Waals surface area contributed by atoms with Gasteiger partial charge < -0.3 is 30.4 Å². The molecular formula is C26H27N5O6S. The topological polar surface area (TPSA) is 153 Å². The predicted octanol–water partition coefficient (Wildman–Crippen LogP) is 2.96. The molecule has 0 bridgehead atoms. The number of ether oxygens (including phenoxy) is 1. The van der Waals surface area contributed by atoms with Gasteiger partial charge >= 0.3 is 12.1 Å². The first-order valence-corrected chi connectivity index (χ1v) is 12.9. The van der Waals surface area contributed by atoms with Crippen LogP contribution in [0.4, 0.5) is 16.3 Å². The van der Waals surface area contributed by atoms with Gasteiger partial charge in [-0.25, -0.2) is 9.59 Å². The fourth-order valence-corrected chi connectivity index (χ4v) is 6.42. The molecular weight excluding hydrogens is 510 g/mol. The van der Waals surface area contributed by atoms with Gasteiger partial charge in [0.05, 0.1) is 6.54 Å². The van der Waals surface area contributed by atoms with Crippen LogP contribution >= 0.6 is 11.8 Å². The number of carbonyl (C=O) groups is 4. The van der Waals surface area contributed by atoms with Gasteiger partial charge in [-0.1, -0.05) is 36.4 Å². The van der Waals surface area contributed by atoms with E-state index in [0.29, 0.717) is 11.5 Å².